The van der Waals surface area contributed by atoms with Crippen LogP contribution in [0.25, 0.3) is 0 Å². The molecule has 0 aliphatic carbocycles. The molecule has 0 amide bonds. The van der Waals surface area contributed by atoms with Crippen molar-refractivity contribution in [2.75, 3.05) is 7.05 Å². The Morgan fingerprint density at radius 2 is 2.06 bits per heavy atom. The van der Waals surface area contributed by atoms with Gasteiger partial charge in [0.05, 0.1) is 11.4 Å². The molecular formula is C13H25N3. The lowest BCUT2D eigenvalue weighted by Crippen LogP contribution is -2.20. The lowest BCUT2D eigenvalue weighted by Gasteiger charge is -2.18. The van der Waals surface area contributed by atoms with E-state index in [0.29, 0.717) is 6.04 Å². The molecule has 0 saturated heterocycles. The summed E-state index contributed by atoms with van der Waals surface area (Å²) in [5.74, 6) is 0.759. The lowest BCUT2D eigenvalue weighted by atomic mass is 10.0. The molecule has 1 heterocycles. The normalized spacial score (nSPS) is 13.4. The monoisotopic (exact) mass is 223 g/mol. The molecule has 1 aromatic rings. The number of nitrogens with zero attached hydrogens (tertiary/aromatic N) is 2. The van der Waals surface area contributed by atoms with Crippen molar-refractivity contribution in [3.63, 3.8) is 0 Å². The molecule has 1 atom stereocenters. The molecule has 1 aromatic heterocycles. The van der Waals surface area contributed by atoms with E-state index in [1.165, 1.54) is 18.5 Å². The predicted molar refractivity (Wildman–Crippen MR) is 68.5 cm³/mol. The summed E-state index contributed by atoms with van der Waals surface area (Å²) in [5.41, 5.74) is 2.43. The maximum absolute atomic E-state index is 4.50. The van der Waals surface area contributed by atoms with Crippen molar-refractivity contribution in [3.05, 3.63) is 17.5 Å². The molecule has 1 rings (SSSR count). The number of hydrogen-bond acceptors (Lipinski definition) is 2. The molecule has 0 aliphatic heterocycles. The summed E-state index contributed by atoms with van der Waals surface area (Å²) >= 11 is 0. The standard InChI is InChI=1S/C13H25N3/c1-6-16-13(9-11(4)15-16)12(14-5)8-7-10(2)3/h9-10,12,14H,6-8H2,1-5H3. The minimum atomic E-state index is 0.434. The van der Waals surface area contributed by atoms with Gasteiger partial charge in [0.2, 0.25) is 0 Å². The molecule has 1 unspecified atom stereocenters. The molecular weight excluding hydrogens is 198 g/mol. The first-order chi connectivity index (χ1) is 7.58. The van der Waals surface area contributed by atoms with E-state index in [0.717, 1.165) is 18.2 Å². The topological polar surface area (TPSA) is 29.9 Å². The summed E-state index contributed by atoms with van der Waals surface area (Å²) in [6, 6.07) is 2.63. The van der Waals surface area contributed by atoms with Crippen LogP contribution in [0, 0.1) is 12.8 Å². The number of aryl methyl sites for hydroxylation is 2. The van der Waals surface area contributed by atoms with Crippen molar-refractivity contribution in [1.82, 2.24) is 15.1 Å². The van der Waals surface area contributed by atoms with E-state index in [1.54, 1.807) is 0 Å². The van der Waals surface area contributed by atoms with E-state index in [2.05, 4.69) is 48.9 Å². The first-order valence-corrected chi connectivity index (χ1v) is 6.30. The van der Waals surface area contributed by atoms with Gasteiger partial charge in [0.15, 0.2) is 0 Å². The van der Waals surface area contributed by atoms with E-state index in [4.69, 9.17) is 0 Å². The first-order valence-electron chi connectivity index (χ1n) is 6.30. The zero-order valence-electron chi connectivity index (χ0n) is 11.2. The van der Waals surface area contributed by atoms with E-state index in [-0.39, 0.29) is 0 Å². The molecule has 92 valence electrons. The van der Waals surface area contributed by atoms with E-state index in [9.17, 15) is 0 Å². The van der Waals surface area contributed by atoms with Gasteiger partial charge in [0, 0.05) is 12.6 Å². The van der Waals surface area contributed by atoms with Gasteiger partial charge in [-0.25, -0.2) is 0 Å². The molecule has 0 fully saturated rings. The minimum Gasteiger partial charge on any atom is -0.312 e. The van der Waals surface area contributed by atoms with Crippen molar-refractivity contribution in [1.29, 1.82) is 0 Å². The largest absolute Gasteiger partial charge is 0.312 e. The van der Waals surface area contributed by atoms with Crippen LogP contribution in [0.3, 0.4) is 0 Å². The molecule has 0 aliphatic rings. The van der Waals surface area contributed by atoms with Crippen LogP contribution >= 0.6 is 0 Å². The Balaban J connectivity index is 2.77. The lowest BCUT2D eigenvalue weighted by molar-refractivity contribution is 0.437. The van der Waals surface area contributed by atoms with E-state index in [1.807, 2.05) is 7.05 Å². The molecule has 0 radical (unpaired) electrons. The Kier molecular flexibility index (Phi) is 5.00. The van der Waals surface area contributed by atoms with E-state index < -0.39 is 0 Å². The van der Waals surface area contributed by atoms with Crippen LogP contribution in [0.2, 0.25) is 0 Å². The zero-order valence-corrected chi connectivity index (χ0v) is 11.2. The molecule has 16 heavy (non-hydrogen) atoms. The van der Waals surface area contributed by atoms with Crippen molar-refractivity contribution in [2.24, 2.45) is 5.92 Å². The smallest absolute Gasteiger partial charge is 0.0597 e. The highest BCUT2D eigenvalue weighted by Gasteiger charge is 2.15. The molecule has 3 heteroatoms. The van der Waals surface area contributed by atoms with Crippen LogP contribution in [0.15, 0.2) is 6.07 Å². The summed E-state index contributed by atoms with van der Waals surface area (Å²) < 4.78 is 2.11. The highest BCUT2D eigenvalue weighted by molar-refractivity contribution is 5.13. The highest BCUT2D eigenvalue weighted by atomic mass is 15.3. The van der Waals surface area contributed by atoms with Gasteiger partial charge in [0.1, 0.15) is 0 Å². The molecule has 0 aromatic carbocycles. The second-order valence-electron chi connectivity index (χ2n) is 4.84. The second-order valence-corrected chi connectivity index (χ2v) is 4.84. The maximum atomic E-state index is 4.50. The van der Waals surface area contributed by atoms with Gasteiger partial charge in [-0.2, -0.15) is 5.10 Å². The number of aromatic nitrogens is 2. The van der Waals surface area contributed by atoms with Crippen LogP contribution in [0.4, 0.5) is 0 Å². The number of hydrogen-bond donors (Lipinski definition) is 1. The van der Waals surface area contributed by atoms with Crippen molar-refractivity contribution in [3.8, 4) is 0 Å². The first kappa shape index (κ1) is 13.2. The third-order valence-electron chi connectivity index (χ3n) is 2.97. The van der Waals surface area contributed by atoms with Crippen molar-refractivity contribution < 1.29 is 0 Å². The Hall–Kier alpha value is -0.830. The second kappa shape index (κ2) is 6.04. The minimum absolute atomic E-state index is 0.434. The van der Waals surface area contributed by atoms with Crippen molar-refractivity contribution in [2.45, 2.75) is 53.1 Å². The fraction of sp³-hybridized carbons (Fsp3) is 0.769. The van der Waals surface area contributed by atoms with Crippen molar-refractivity contribution >= 4 is 0 Å². The third-order valence-corrected chi connectivity index (χ3v) is 2.97. The number of nitrogens with one attached hydrogen (secondary N) is 1. The Labute approximate surface area is 99.2 Å². The van der Waals surface area contributed by atoms with Crippen LogP contribution in [-0.2, 0) is 6.54 Å². The van der Waals surface area contributed by atoms with Crippen LogP contribution in [-0.4, -0.2) is 16.8 Å². The fourth-order valence-corrected chi connectivity index (χ4v) is 2.04. The summed E-state index contributed by atoms with van der Waals surface area (Å²) in [5, 5.41) is 7.90. The Morgan fingerprint density at radius 3 is 2.56 bits per heavy atom. The van der Waals surface area contributed by atoms with Crippen LogP contribution in [0.5, 0.6) is 0 Å². The van der Waals surface area contributed by atoms with E-state index >= 15 is 0 Å². The Bertz CT molecular complexity index is 315. The Morgan fingerprint density at radius 1 is 1.38 bits per heavy atom. The fourth-order valence-electron chi connectivity index (χ4n) is 2.04. The average Bonchev–Trinajstić information content (AvgIpc) is 2.60. The third kappa shape index (κ3) is 3.34. The molecule has 3 nitrogen and oxygen atoms in total. The summed E-state index contributed by atoms with van der Waals surface area (Å²) in [4.78, 5) is 0. The van der Waals surface area contributed by atoms with Crippen LogP contribution in [0.1, 0.15) is 51.0 Å². The van der Waals surface area contributed by atoms with Gasteiger partial charge in [-0.3, -0.25) is 4.68 Å². The molecule has 0 spiro atoms. The summed E-state index contributed by atoms with van der Waals surface area (Å²) in [6.45, 7) is 9.70. The SMILES string of the molecule is CCn1nc(C)cc1C(CCC(C)C)NC. The predicted octanol–water partition coefficient (Wildman–Crippen LogP) is 2.91. The maximum Gasteiger partial charge on any atom is 0.0597 e. The molecule has 0 saturated carbocycles. The summed E-state index contributed by atoms with van der Waals surface area (Å²) in [6.07, 6.45) is 2.43. The van der Waals surface area contributed by atoms with Gasteiger partial charge < -0.3 is 5.32 Å². The van der Waals surface area contributed by atoms with Crippen LogP contribution < -0.4 is 5.32 Å². The van der Waals surface area contributed by atoms with Gasteiger partial charge >= 0.3 is 0 Å². The zero-order chi connectivity index (χ0) is 12.1. The summed E-state index contributed by atoms with van der Waals surface area (Å²) in [7, 11) is 2.04. The quantitative estimate of drug-likeness (QED) is 0.803. The van der Waals surface area contributed by atoms with Gasteiger partial charge in [-0.05, 0) is 45.7 Å². The average molecular weight is 223 g/mol. The van der Waals surface area contributed by atoms with Gasteiger partial charge in [0.25, 0.3) is 0 Å². The number of rotatable bonds is 6. The highest BCUT2D eigenvalue weighted by Crippen LogP contribution is 2.21. The van der Waals surface area contributed by atoms with Gasteiger partial charge in [-0.15, -0.1) is 0 Å². The molecule has 0 bridgehead atoms. The molecule has 1 N–H and O–H groups in total. The van der Waals surface area contributed by atoms with Gasteiger partial charge in [-0.1, -0.05) is 13.8 Å².